The van der Waals surface area contributed by atoms with E-state index in [2.05, 4.69) is 22.0 Å². The highest BCUT2D eigenvalue weighted by Gasteiger charge is 2.23. The second kappa shape index (κ2) is 7.22. The summed E-state index contributed by atoms with van der Waals surface area (Å²) in [6, 6.07) is 7.32. The first-order valence-electron chi connectivity index (χ1n) is 7.23. The first kappa shape index (κ1) is 15.5. The standard InChI is InChI=1S/C16H22N2O3/c1-18-9-7-13(8-10-18)16(20)17-14-5-3-12(4-6-14)11-15(19)21-2/h3-6,13H,7-11H2,1-2H3,(H,17,20). The number of hydrogen-bond acceptors (Lipinski definition) is 4. The van der Waals surface area contributed by atoms with Crippen molar-refractivity contribution in [1.29, 1.82) is 0 Å². The van der Waals surface area contributed by atoms with Gasteiger partial charge in [-0.1, -0.05) is 12.1 Å². The summed E-state index contributed by atoms with van der Waals surface area (Å²) >= 11 is 0. The largest absolute Gasteiger partial charge is 0.469 e. The Balaban J connectivity index is 1.88. The molecule has 0 radical (unpaired) electrons. The van der Waals surface area contributed by atoms with Crippen LogP contribution in [-0.2, 0) is 20.7 Å². The smallest absolute Gasteiger partial charge is 0.309 e. The lowest BCUT2D eigenvalue weighted by atomic mass is 9.96. The maximum absolute atomic E-state index is 12.2. The van der Waals surface area contributed by atoms with E-state index < -0.39 is 0 Å². The van der Waals surface area contributed by atoms with E-state index in [0.29, 0.717) is 0 Å². The van der Waals surface area contributed by atoms with Crippen molar-refractivity contribution >= 4 is 17.6 Å². The van der Waals surface area contributed by atoms with Gasteiger partial charge in [-0.25, -0.2) is 0 Å². The van der Waals surface area contributed by atoms with Crippen LogP contribution >= 0.6 is 0 Å². The van der Waals surface area contributed by atoms with Crippen molar-refractivity contribution < 1.29 is 14.3 Å². The van der Waals surface area contributed by atoms with Crippen LogP contribution in [-0.4, -0.2) is 44.0 Å². The molecule has 1 aliphatic heterocycles. The summed E-state index contributed by atoms with van der Waals surface area (Å²) in [5.41, 5.74) is 1.65. The third-order valence-corrected chi connectivity index (χ3v) is 3.89. The number of carbonyl (C=O) groups excluding carboxylic acids is 2. The SMILES string of the molecule is COC(=O)Cc1ccc(NC(=O)C2CCN(C)CC2)cc1. The van der Waals surface area contributed by atoms with E-state index in [1.807, 2.05) is 24.3 Å². The molecule has 0 saturated carbocycles. The fraction of sp³-hybridized carbons (Fsp3) is 0.500. The summed E-state index contributed by atoms with van der Waals surface area (Å²) in [7, 11) is 3.45. The molecule has 1 aromatic carbocycles. The average Bonchev–Trinajstić information content (AvgIpc) is 2.49. The van der Waals surface area contributed by atoms with Gasteiger partial charge in [0.15, 0.2) is 0 Å². The van der Waals surface area contributed by atoms with Gasteiger partial charge in [0.05, 0.1) is 13.5 Å². The molecular formula is C16H22N2O3. The van der Waals surface area contributed by atoms with Crippen molar-refractivity contribution in [2.45, 2.75) is 19.3 Å². The molecule has 0 aromatic heterocycles. The Hall–Kier alpha value is -1.88. The van der Waals surface area contributed by atoms with Crippen molar-refractivity contribution in [1.82, 2.24) is 4.90 Å². The molecule has 0 spiro atoms. The van der Waals surface area contributed by atoms with Crippen LogP contribution in [0.25, 0.3) is 0 Å². The predicted molar refractivity (Wildman–Crippen MR) is 81.0 cm³/mol. The van der Waals surface area contributed by atoms with Crippen LogP contribution in [0.15, 0.2) is 24.3 Å². The average molecular weight is 290 g/mol. The van der Waals surface area contributed by atoms with Crippen LogP contribution in [0.2, 0.25) is 0 Å². The molecule has 21 heavy (non-hydrogen) atoms. The summed E-state index contributed by atoms with van der Waals surface area (Å²) in [4.78, 5) is 25.6. The molecular weight excluding hydrogens is 268 g/mol. The number of anilines is 1. The normalized spacial score (nSPS) is 16.5. The molecule has 5 nitrogen and oxygen atoms in total. The number of esters is 1. The zero-order valence-corrected chi connectivity index (χ0v) is 12.6. The van der Waals surface area contributed by atoms with Gasteiger partial charge in [-0.2, -0.15) is 0 Å². The number of ether oxygens (including phenoxy) is 1. The molecule has 0 unspecified atom stereocenters. The molecule has 2 rings (SSSR count). The Morgan fingerprint density at radius 2 is 1.86 bits per heavy atom. The Morgan fingerprint density at radius 3 is 2.43 bits per heavy atom. The minimum Gasteiger partial charge on any atom is -0.469 e. The number of likely N-dealkylation sites (tertiary alicyclic amines) is 1. The van der Waals surface area contributed by atoms with Gasteiger partial charge in [0.25, 0.3) is 0 Å². The molecule has 0 aliphatic carbocycles. The fourth-order valence-corrected chi connectivity index (χ4v) is 2.46. The van der Waals surface area contributed by atoms with Gasteiger partial charge in [0.2, 0.25) is 5.91 Å². The van der Waals surface area contributed by atoms with Crippen molar-refractivity contribution in [2.75, 3.05) is 32.6 Å². The molecule has 1 saturated heterocycles. The number of rotatable bonds is 4. The monoisotopic (exact) mass is 290 g/mol. The second-order valence-corrected chi connectivity index (χ2v) is 5.52. The van der Waals surface area contributed by atoms with Gasteiger partial charge in [-0.05, 0) is 50.7 Å². The lowest BCUT2D eigenvalue weighted by molar-refractivity contribution is -0.139. The molecule has 1 aromatic rings. The van der Waals surface area contributed by atoms with Gasteiger partial charge in [0.1, 0.15) is 0 Å². The van der Waals surface area contributed by atoms with Crippen molar-refractivity contribution in [3.05, 3.63) is 29.8 Å². The van der Waals surface area contributed by atoms with Crippen molar-refractivity contribution in [2.24, 2.45) is 5.92 Å². The van der Waals surface area contributed by atoms with Gasteiger partial charge in [0, 0.05) is 11.6 Å². The van der Waals surface area contributed by atoms with Gasteiger partial charge in [-0.15, -0.1) is 0 Å². The molecule has 1 heterocycles. The van der Waals surface area contributed by atoms with E-state index in [4.69, 9.17) is 0 Å². The number of amides is 1. The summed E-state index contributed by atoms with van der Waals surface area (Å²) in [6.45, 7) is 1.94. The van der Waals surface area contributed by atoms with E-state index in [-0.39, 0.29) is 24.2 Å². The van der Waals surface area contributed by atoms with Crippen molar-refractivity contribution in [3.63, 3.8) is 0 Å². The van der Waals surface area contributed by atoms with E-state index in [1.165, 1.54) is 7.11 Å². The molecule has 1 aliphatic rings. The van der Waals surface area contributed by atoms with Gasteiger partial charge in [-0.3, -0.25) is 9.59 Å². The highest BCUT2D eigenvalue weighted by atomic mass is 16.5. The molecule has 5 heteroatoms. The van der Waals surface area contributed by atoms with Crippen LogP contribution in [0.5, 0.6) is 0 Å². The molecule has 1 N–H and O–H groups in total. The molecule has 1 amide bonds. The summed E-state index contributed by atoms with van der Waals surface area (Å²) < 4.78 is 4.62. The molecule has 0 atom stereocenters. The van der Waals surface area contributed by atoms with Gasteiger partial charge < -0.3 is 15.0 Å². The fourth-order valence-electron chi connectivity index (χ4n) is 2.46. The third-order valence-electron chi connectivity index (χ3n) is 3.89. The Labute approximate surface area is 125 Å². The van der Waals surface area contributed by atoms with E-state index in [0.717, 1.165) is 37.2 Å². The van der Waals surface area contributed by atoms with Crippen LogP contribution < -0.4 is 5.32 Å². The van der Waals surface area contributed by atoms with E-state index in [1.54, 1.807) is 0 Å². The number of carbonyl (C=O) groups is 2. The number of piperidine rings is 1. The maximum Gasteiger partial charge on any atom is 0.309 e. The topological polar surface area (TPSA) is 58.6 Å². The Bertz CT molecular complexity index is 491. The number of nitrogens with zero attached hydrogens (tertiary/aromatic N) is 1. The highest BCUT2D eigenvalue weighted by Crippen LogP contribution is 2.19. The Kier molecular flexibility index (Phi) is 5.33. The van der Waals surface area contributed by atoms with Crippen LogP contribution in [0, 0.1) is 5.92 Å². The van der Waals surface area contributed by atoms with E-state index in [9.17, 15) is 9.59 Å². The van der Waals surface area contributed by atoms with Crippen LogP contribution in [0.3, 0.4) is 0 Å². The first-order valence-corrected chi connectivity index (χ1v) is 7.23. The zero-order chi connectivity index (χ0) is 15.2. The zero-order valence-electron chi connectivity index (χ0n) is 12.6. The number of methoxy groups -OCH3 is 1. The van der Waals surface area contributed by atoms with Gasteiger partial charge >= 0.3 is 5.97 Å². The minimum absolute atomic E-state index is 0.0869. The second-order valence-electron chi connectivity index (χ2n) is 5.52. The molecule has 0 bridgehead atoms. The molecule has 114 valence electrons. The van der Waals surface area contributed by atoms with Crippen LogP contribution in [0.1, 0.15) is 18.4 Å². The predicted octanol–water partition coefficient (Wildman–Crippen LogP) is 1.68. The lowest BCUT2D eigenvalue weighted by Gasteiger charge is -2.28. The maximum atomic E-state index is 12.2. The number of benzene rings is 1. The van der Waals surface area contributed by atoms with E-state index >= 15 is 0 Å². The minimum atomic E-state index is -0.266. The summed E-state index contributed by atoms with van der Waals surface area (Å²) in [5, 5.41) is 2.95. The number of nitrogens with one attached hydrogen (secondary N) is 1. The first-order chi connectivity index (χ1) is 10.1. The Morgan fingerprint density at radius 1 is 1.24 bits per heavy atom. The van der Waals surface area contributed by atoms with Crippen LogP contribution in [0.4, 0.5) is 5.69 Å². The quantitative estimate of drug-likeness (QED) is 0.857. The molecule has 1 fully saturated rings. The van der Waals surface area contributed by atoms with Crippen molar-refractivity contribution in [3.8, 4) is 0 Å². The number of hydrogen-bond donors (Lipinski definition) is 1. The summed E-state index contributed by atoms with van der Waals surface area (Å²) in [6.07, 6.45) is 2.06. The third kappa shape index (κ3) is 4.56. The lowest BCUT2D eigenvalue weighted by Crippen LogP contribution is -2.35. The summed E-state index contributed by atoms with van der Waals surface area (Å²) in [5.74, 6) is -0.0853. The highest BCUT2D eigenvalue weighted by molar-refractivity contribution is 5.92.